The maximum atomic E-state index is 11.0. The fraction of sp³-hybridized carbons (Fsp3) is 0.429. The molecule has 1 rings (SSSR count). The molecular formula is C7H4Cl9N5O. The summed E-state index contributed by atoms with van der Waals surface area (Å²) in [5.41, 5.74) is 3.93. The summed E-state index contributed by atoms with van der Waals surface area (Å²) in [6, 6.07) is 0. The first-order valence-electron chi connectivity index (χ1n) is 4.59. The fourth-order valence-electron chi connectivity index (χ4n) is 0.645. The van der Waals surface area contributed by atoms with Gasteiger partial charge < -0.3 is 5.73 Å². The lowest BCUT2D eigenvalue weighted by Crippen LogP contribution is -2.26. The molecule has 0 aliphatic carbocycles. The van der Waals surface area contributed by atoms with Crippen molar-refractivity contribution in [3.63, 3.8) is 0 Å². The highest BCUT2D eigenvalue weighted by atomic mass is 35.6. The summed E-state index contributed by atoms with van der Waals surface area (Å²) < 4.78 is -5.61. The highest BCUT2D eigenvalue weighted by molar-refractivity contribution is 6.76. The van der Waals surface area contributed by atoms with E-state index in [0.29, 0.717) is 0 Å². The van der Waals surface area contributed by atoms with E-state index in [-0.39, 0.29) is 11.6 Å². The van der Waals surface area contributed by atoms with Crippen LogP contribution >= 0.6 is 104 Å². The molecule has 0 saturated carbocycles. The molecule has 15 heteroatoms. The third kappa shape index (κ3) is 8.66. The molecule has 22 heavy (non-hydrogen) atoms. The average molecular weight is 493 g/mol. The maximum absolute atomic E-state index is 11.0. The van der Waals surface area contributed by atoms with Crippen molar-refractivity contribution in [3.8, 4) is 0 Å². The van der Waals surface area contributed by atoms with Crippen molar-refractivity contribution < 1.29 is 0 Å². The molecule has 1 heterocycles. The first-order valence-corrected chi connectivity index (χ1v) is 7.99. The Kier molecular flexibility index (Phi) is 8.65. The summed E-state index contributed by atoms with van der Waals surface area (Å²) in [6.07, 6.45) is 0. The minimum atomic E-state index is -1.96. The first kappa shape index (κ1) is 22.9. The predicted molar refractivity (Wildman–Crippen MR) is 93.3 cm³/mol. The van der Waals surface area contributed by atoms with Crippen molar-refractivity contribution in [3.05, 3.63) is 22.1 Å². The molecule has 0 bridgehead atoms. The molecule has 0 atom stereocenters. The van der Waals surface area contributed by atoms with Gasteiger partial charge in [-0.25, -0.2) is 9.78 Å². The number of rotatable bonds is 0. The SMILES string of the molecule is N=C(N)C(Cl)(Cl)Cl.O=c1nc(C(Cl)(Cl)Cl)nc(C(Cl)(Cl)Cl)[nH]1. The van der Waals surface area contributed by atoms with Crippen LogP contribution in [0.25, 0.3) is 0 Å². The molecule has 0 unspecified atom stereocenters. The number of amidine groups is 1. The molecule has 1 aromatic heterocycles. The summed E-state index contributed by atoms with van der Waals surface area (Å²) in [5, 5.41) is 6.53. The molecule has 4 N–H and O–H groups in total. The van der Waals surface area contributed by atoms with Gasteiger partial charge in [0.15, 0.2) is 11.6 Å². The molecule has 0 aliphatic rings. The monoisotopic (exact) mass is 489 g/mol. The average Bonchev–Trinajstić information content (AvgIpc) is 2.25. The highest BCUT2D eigenvalue weighted by Crippen LogP contribution is 2.38. The standard InChI is InChI=1S/C5HCl6N3O.C2H3Cl3N2/c6-4(7,8)1-12-2(5(9,10)11)14-3(15)13-1;3-2(4,5)1(6)7/h(H,12,13,14,15);(H3,6,7). The second-order valence-electron chi connectivity index (χ2n) is 3.23. The van der Waals surface area contributed by atoms with Gasteiger partial charge in [0, 0.05) is 0 Å². The Hall–Kier alpha value is 0.890. The molecule has 126 valence electrons. The Balaban J connectivity index is 0.000000534. The van der Waals surface area contributed by atoms with Crippen molar-refractivity contribution in [2.24, 2.45) is 5.73 Å². The second-order valence-corrected chi connectivity index (χ2v) is 10.1. The van der Waals surface area contributed by atoms with Crippen molar-refractivity contribution >= 4 is 110 Å². The van der Waals surface area contributed by atoms with E-state index in [1.807, 2.05) is 0 Å². The van der Waals surface area contributed by atoms with E-state index < -0.39 is 22.9 Å². The smallest absolute Gasteiger partial charge is 0.348 e. The van der Waals surface area contributed by atoms with Crippen LogP contribution < -0.4 is 11.4 Å². The third-order valence-corrected chi connectivity index (χ3v) is 3.13. The van der Waals surface area contributed by atoms with E-state index >= 15 is 0 Å². The van der Waals surface area contributed by atoms with Crippen molar-refractivity contribution in [2.75, 3.05) is 0 Å². The van der Waals surface area contributed by atoms with Crippen LogP contribution in [0.15, 0.2) is 4.79 Å². The van der Waals surface area contributed by atoms with Crippen LogP contribution in [0.4, 0.5) is 0 Å². The van der Waals surface area contributed by atoms with Gasteiger partial charge in [0.1, 0.15) is 5.84 Å². The van der Waals surface area contributed by atoms with Crippen LogP contribution in [0.3, 0.4) is 0 Å². The van der Waals surface area contributed by atoms with E-state index in [4.69, 9.17) is 116 Å². The number of H-pyrrole nitrogens is 1. The zero-order valence-corrected chi connectivity index (χ0v) is 16.6. The summed E-state index contributed by atoms with van der Waals surface area (Å²) in [5.74, 6) is -1.09. The van der Waals surface area contributed by atoms with Gasteiger partial charge in [0.2, 0.25) is 11.4 Å². The molecular weight excluding hydrogens is 489 g/mol. The van der Waals surface area contributed by atoms with Gasteiger partial charge >= 0.3 is 5.69 Å². The van der Waals surface area contributed by atoms with Gasteiger partial charge in [-0.3, -0.25) is 10.4 Å². The fourth-order valence-corrected chi connectivity index (χ4v) is 1.17. The second kappa shape index (κ2) is 8.32. The number of aromatic amines is 1. The van der Waals surface area contributed by atoms with E-state index in [1.54, 1.807) is 0 Å². The van der Waals surface area contributed by atoms with Crippen LogP contribution in [0, 0.1) is 5.41 Å². The minimum Gasteiger partial charge on any atom is -0.384 e. The first-order chi connectivity index (χ1) is 9.55. The van der Waals surface area contributed by atoms with Gasteiger partial charge in [0.05, 0.1) is 0 Å². The van der Waals surface area contributed by atoms with Gasteiger partial charge in [-0.1, -0.05) is 104 Å². The molecule has 0 fully saturated rings. The summed E-state index contributed by atoms with van der Waals surface area (Å²) in [4.78, 5) is 20.1. The number of halogens is 9. The zero-order chi connectivity index (χ0) is 17.9. The lowest BCUT2D eigenvalue weighted by Gasteiger charge is -2.13. The molecule has 1 aromatic rings. The number of hydrogen-bond donors (Lipinski definition) is 3. The maximum Gasteiger partial charge on any atom is 0.348 e. The largest absolute Gasteiger partial charge is 0.384 e. The molecule has 0 saturated heterocycles. The van der Waals surface area contributed by atoms with Crippen LogP contribution in [0.1, 0.15) is 11.6 Å². The van der Waals surface area contributed by atoms with Crippen molar-refractivity contribution in [2.45, 2.75) is 11.4 Å². The lowest BCUT2D eigenvalue weighted by molar-refractivity contribution is 0.814. The topological polar surface area (TPSA) is 109 Å². The van der Waals surface area contributed by atoms with E-state index in [9.17, 15) is 4.79 Å². The molecule has 0 radical (unpaired) electrons. The number of nitrogens with one attached hydrogen (secondary N) is 2. The van der Waals surface area contributed by atoms with E-state index in [2.05, 4.69) is 15.0 Å². The van der Waals surface area contributed by atoms with Gasteiger partial charge in [0.25, 0.3) is 0 Å². The minimum absolute atomic E-state index is 0.270. The predicted octanol–water partition coefficient (Wildman–Crippen LogP) is 4.11. The third-order valence-electron chi connectivity index (χ3n) is 1.48. The van der Waals surface area contributed by atoms with E-state index in [0.717, 1.165) is 0 Å². The van der Waals surface area contributed by atoms with Gasteiger partial charge in [-0.2, -0.15) is 4.98 Å². The Morgan fingerprint density at radius 1 is 0.955 bits per heavy atom. The highest BCUT2D eigenvalue weighted by Gasteiger charge is 2.32. The Labute approximate surface area is 168 Å². The molecule has 0 amide bonds. The number of nitrogens with zero attached hydrogens (tertiary/aromatic N) is 2. The Morgan fingerprint density at radius 2 is 1.36 bits per heavy atom. The van der Waals surface area contributed by atoms with Crippen molar-refractivity contribution in [1.29, 1.82) is 5.41 Å². The number of hydrogen-bond acceptors (Lipinski definition) is 4. The molecule has 0 spiro atoms. The van der Waals surface area contributed by atoms with Gasteiger partial charge in [-0.05, 0) is 0 Å². The van der Waals surface area contributed by atoms with Crippen LogP contribution in [-0.2, 0) is 7.59 Å². The molecule has 6 nitrogen and oxygen atoms in total. The lowest BCUT2D eigenvalue weighted by atomic mass is 10.6. The summed E-state index contributed by atoms with van der Waals surface area (Å²) in [6.45, 7) is 0. The summed E-state index contributed by atoms with van der Waals surface area (Å²) in [7, 11) is 0. The van der Waals surface area contributed by atoms with Crippen molar-refractivity contribution in [1.82, 2.24) is 15.0 Å². The number of alkyl halides is 9. The van der Waals surface area contributed by atoms with Gasteiger partial charge in [-0.15, -0.1) is 0 Å². The van der Waals surface area contributed by atoms with Crippen LogP contribution in [-0.4, -0.2) is 24.6 Å². The molecule has 0 aromatic carbocycles. The quantitative estimate of drug-likeness (QED) is 0.287. The zero-order valence-electron chi connectivity index (χ0n) is 9.78. The van der Waals surface area contributed by atoms with E-state index in [1.165, 1.54) is 0 Å². The van der Waals surface area contributed by atoms with Crippen LogP contribution in [0.2, 0.25) is 0 Å². The number of nitrogens with two attached hydrogens (primary N) is 1. The summed E-state index contributed by atoms with van der Waals surface area (Å²) >= 11 is 48.1. The number of aromatic nitrogens is 3. The van der Waals surface area contributed by atoms with Crippen LogP contribution in [0.5, 0.6) is 0 Å². The Morgan fingerprint density at radius 3 is 1.64 bits per heavy atom. The Bertz CT molecular complexity index is 548. The molecule has 0 aliphatic heterocycles. The normalized spacial score (nSPS) is 12.4.